The van der Waals surface area contributed by atoms with Gasteiger partial charge >= 0.3 is 22.2 Å². The number of nitrogens with two attached hydrogens (primary N) is 1. The van der Waals surface area contributed by atoms with Gasteiger partial charge in [-0.25, -0.2) is 14.6 Å². The number of thiazole rings is 1. The highest BCUT2D eigenvalue weighted by Gasteiger charge is 2.58. The molecule has 2 atom stereocenters. The van der Waals surface area contributed by atoms with Crippen LogP contribution in [0.25, 0.3) is 0 Å². The molecule has 1 fully saturated rings. The summed E-state index contributed by atoms with van der Waals surface area (Å²) in [5, 5.41) is 15.3. The number of nitrogens with one attached hydrogen (secondary N) is 1. The Morgan fingerprint density at radius 3 is 2.59 bits per heavy atom. The molecule has 1 aromatic heterocycles. The van der Waals surface area contributed by atoms with E-state index in [0.717, 1.165) is 18.4 Å². The third kappa shape index (κ3) is 4.76. The van der Waals surface area contributed by atoms with Crippen LogP contribution < -0.4 is 11.1 Å². The summed E-state index contributed by atoms with van der Waals surface area (Å²) >= 11 is 0.914. The topological polar surface area (TPSA) is 228 Å². The SMILES string of the molecule is COC(=O)[C@H]1[C@@H](NC(=O)/C(=N\OCC(=O)O)c2csc(N)n2)C(=O)N1S(=O)(=O)O. The summed E-state index contributed by atoms with van der Waals surface area (Å²) in [5.41, 5.74) is 4.74. The second-order valence-electron chi connectivity index (χ2n) is 5.21. The molecular weight excluding hydrogens is 438 g/mol. The minimum absolute atomic E-state index is 0.0310. The van der Waals surface area contributed by atoms with Crippen molar-refractivity contribution in [1.82, 2.24) is 14.6 Å². The van der Waals surface area contributed by atoms with E-state index in [0.29, 0.717) is 0 Å². The maximum atomic E-state index is 12.5. The lowest BCUT2D eigenvalue weighted by Gasteiger charge is -2.41. The van der Waals surface area contributed by atoms with Gasteiger partial charge in [0.25, 0.3) is 11.8 Å². The number of nitrogen functional groups attached to an aromatic ring is 1. The fourth-order valence-corrected chi connectivity index (χ4v) is 3.56. The second kappa shape index (κ2) is 8.37. The molecule has 2 rings (SSSR count). The van der Waals surface area contributed by atoms with Gasteiger partial charge in [-0.15, -0.1) is 11.3 Å². The summed E-state index contributed by atoms with van der Waals surface area (Å²) < 4.78 is 35.8. The van der Waals surface area contributed by atoms with Crippen LogP contribution in [-0.2, 0) is 39.1 Å². The number of hydrogen-bond donors (Lipinski definition) is 4. The molecule has 0 aliphatic carbocycles. The summed E-state index contributed by atoms with van der Waals surface area (Å²) in [6.45, 7) is -0.903. The van der Waals surface area contributed by atoms with Gasteiger partial charge in [-0.1, -0.05) is 5.16 Å². The maximum absolute atomic E-state index is 12.5. The van der Waals surface area contributed by atoms with Crippen LogP contribution >= 0.6 is 11.3 Å². The van der Waals surface area contributed by atoms with Gasteiger partial charge in [-0.05, 0) is 0 Å². The molecule has 15 nitrogen and oxygen atoms in total. The number of carboxylic acid groups (broad SMARTS) is 1. The van der Waals surface area contributed by atoms with Gasteiger partial charge in [0.1, 0.15) is 11.7 Å². The first kappa shape index (κ1) is 22.0. The van der Waals surface area contributed by atoms with Gasteiger partial charge in [-0.3, -0.25) is 14.1 Å². The molecular formula is C12H13N5O10S2. The molecule has 0 bridgehead atoms. The lowest BCUT2D eigenvalue weighted by atomic mass is 9.98. The van der Waals surface area contributed by atoms with E-state index >= 15 is 0 Å². The van der Waals surface area contributed by atoms with Gasteiger partial charge < -0.3 is 25.7 Å². The zero-order chi connectivity index (χ0) is 21.9. The monoisotopic (exact) mass is 451 g/mol. The second-order valence-corrected chi connectivity index (χ2v) is 7.39. The van der Waals surface area contributed by atoms with Crippen molar-refractivity contribution in [3.8, 4) is 0 Å². The smallest absolute Gasteiger partial charge is 0.363 e. The Labute approximate surface area is 166 Å². The number of esters is 1. The van der Waals surface area contributed by atoms with E-state index in [1.807, 2.05) is 5.32 Å². The summed E-state index contributed by atoms with van der Waals surface area (Å²) in [6.07, 6.45) is 0. The Morgan fingerprint density at radius 1 is 1.45 bits per heavy atom. The number of carboxylic acids is 1. The highest BCUT2D eigenvalue weighted by atomic mass is 32.2. The average molecular weight is 451 g/mol. The molecule has 0 saturated carbocycles. The van der Waals surface area contributed by atoms with Crippen LogP contribution in [0.1, 0.15) is 5.69 Å². The number of methoxy groups -OCH3 is 1. The Bertz CT molecular complexity index is 987. The molecule has 2 heterocycles. The number of ether oxygens (including phenoxy) is 1. The number of carbonyl (C=O) groups is 4. The zero-order valence-corrected chi connectivity index (χ0v) is 16.0. The number of aromatic nitrogens is 1. The van der Waals surface area contributed by atoms with Gasteiger partial charge in [0.15, 0.2) is 16.9 Å². The summed E-state index contributed by atoms with van der Waals surface area (Å²) in [7, 11) is -4.20. The molecule has 0 spiro atoms. The number of amides is 2. The van der Waals surface area contributed by atoms with Crippen molar-refractivity contribution in [2.24, 2.45) is 5.16 Å². The van der Waals surface area contributed by atoms with E-state index < -0.39 is 58.5 Å². The maximum Gasteiger partial charge on any atom is 0.363 e. The molecule has 1 aromatic rings. The Balaban J connectivity index is 2.28. The lowest BCUT2D eigenvalue weighted by molar-refractivity contribution is -0.162. The van der Waals surface area contributed by atoms with Crippen LogP contribution in [0.5, 0.6) is 0 Å². The van der Waals surface area contributed by atoms with Gasteiger partial charge in [0.05, 0.1) is 7.11 Å². The molecule has 2 amide bonds. The summed E-state index contributed by atoms with van der Waals surface area (Å²) in [6, 6.07) is -3.59. The lowest BCUT2D eigenvalue weighted by Crippen LogP contribution is -2.74. The molecule has 5 N–H and O–H groups in total. The van der Waals surface area contributed by atoms with Gasteiger partial charge in [-0.2, -0.15) is 12.7 Å². The first-order valence-corrected chi connectivity index (χ1v) is 9.57. The molecule has 17 heteroatoms. The van der Waals surface area contributed by atoms with E-state index in [2.05, 4.69) is 19.7 Å². The van der Waals surface area contributed by atoms with Crippen molar-refractivity contribution in [3.05, 3.63) is 11.1 Å². The number of oxime groups is 1. The summed E-state index contributed by atoms with van der Waals surface area (Å²) in [5.74, 6) is -5.11. The van der Waals surface area contributed by atoms with Crippen LogP contribution in [0.2, 0.25) is 0 Å². The Morgan fingerprint density at radius 2 is 2.10 bits per heavy atom. The van der Waals surface area contributed by atoms with Crippen molar-refractivity contribution in [2.75, 3.05) is 19.5 Å². The molecule has 29 heavy (non-hydrogen) atoms. The first-order chi connectivity index (χ1) is 13.5. The van der Waals surface area contributed by atoms with Crippen LogP contribution in [0.4, 0.5) is 5.13 Å². The normalized spacial score (nSPS) is 19.3. The van der Waals surface area contributed by atoms with E-state index in [1.54, 1.807) is 0 Å². The quantitative estimate of drug-likeness (QED) is 0.103. The minimum atomic E-state index is -5.10. The molecule has 1 aliphatic rings. The zero-order valence-electron chi connectivity index (χ0n) is 14.3. The fraction of sp³-hybridized carbons (Fsp3) is 0.333. The number of β-lactam (4-membered cyclic amide) rings is 1. The largest absolute Gasteiger partial charge is 0.479 e. The molecule has 158 valence electrons. The van der Waals surface area contributed by atoms with Crippen LogP contribution in [0, 0.1) is 0 Å². The highest BCUT2D eigenvalue weighted by Crippen LogP contribution is 2.25. The minimum Gasteiger partial charge on any atom is -0.479 e. The van der Waals surface area contributed by atoms with E-state index in [1.165, 1.54) is 5.38 Å². The Hall–Kier alpha value is -3.31. The predicted molar refractivity (Wildman–Crippen MR) is 92.8 cm³/mol. The number of hydrogen-bond acceptors (Lipinski definition) is 12. The molecule has 1 aliphatic heterocycles. The number of nitrogens with zero attached hydrogens (tertiary/aromatic N) is 3. The van der Waals surface area contributed by atoms with Crippen molar-refractivity contribution in [1.29, 1.82) is 0 Å². The number of carbonyl (C=O) groups excluding carboxylic acids is 3. The molecule has 1 saturated heterocycles. The predicted octanol–water partition coefficient (Wildman–Crippen LogP) is -2.80. The van der Waals surface area contributed by atoms with Crippen molar-refractivity contribution >= 4 is 56.2 Å². The average Bonchev–Trinajstić information content (AvgIpc) is 3.04. The molecule has 0 radical (unpaired) electrons. The van der Waals surface area contributed by atoms with Crippen molar-refractivity contribution in [2.45, 2.75) is 12.1 Å². The van der Waals surface area contributed by atoms with Crippen LogP contribution in [0.15, 0.2) is 10.5 Å². The molecule has 0 aromatic carbocycles. The number of aliphatic carboxylic acids is 1. The van der Waals surface area contributed by atoms with Crippen LogP contribution in [0.3, 0.4) is 0 Å². The molecule has 0 unspecified atom stereocenters. The van der Waals surface area contributed by atoms with Crippen LogP contribution in [-0.4, -0.2) is 82.6 Å². The van der Waals surface area contributed by atoms with E-state index in [4.69, 9.17) is 15.4 Å². The standard InChI is InChI=1S/C12H13N5O10S2/c1-26-11(22)8-7(10(21)17(8)29(23,24)25)15-9(20)6(16-27-2-5(18)19)4-3-28-12(13)14-4/h3,7-8H,2H2,1H3,(H2,13,14)(H,15,20)(H,18,19)(H,23,24,25)/b16-6-/t7-,8-/m1/s1. The highest BCUT2D eigenvalue weighted by molar-refractivity contribution is 7.84. The fourth-order valence-electron chi connectivity index (χ4n) is 2.18. The summed E-state index contributed by atoms with van der Waals surface area (Å²) in [4.78, 5) is 55.1. The van der Waals surface area contributed by atoms with E-state index in [9.17, 15) is 27.6 Å². The third-order valence-electron chi connectivity index (χ3n) is 3.35. The number of anilines is 1. The first-order valence-electron chi connectivity index (χ1n) is 7.29. The Kier molecular flexibility index (Phi) is 6.34. The number of rotatable bonds is 8. The van der Waals surface area contributed by atoms with Gasteiger partial charge in [0.2, 0.25) is 6.61 Å². The van der Waals surface area contributed by atoms with E-state index in [-0.39, 0.29) is 15.1 Å². The van der Waals surface area contributed by atoms with Gasteiger partial charge in [0, 0.05) is 5.38 Å². The van der Waals surface area contributed by atoms with Crippen molar-refractivity contribution in [3.63, 3.8) is 0 Å². The van der Waals surface area contributed by atoms with Crippen molar-refractivity contribution < 1.29 is 46.8 Å². The third-order valence-corrected chi connectivity index (χ3v) is 4.93.